The minimum absolute atomic E-state index is 0.0222. The van der Waals surface area contributed by atoms with E-state index in [4.69, 9.17) is 19.3 Å². The average Bonchev–Trinajstić information content (AvgIpc) is 2.93. The zero-order chi connectivity index (χ0) is 30.4. The zero-order valence-electron chi connectivity index (χ0n) is 25.9. The fourth-order valence-electron chi connectivity index (χ4n) is 5.40. The van der Waals surface area contributed by atoms with E-state index in [0.717, 1.165) is 56.9 Å². The maximum atomic E-state index is 11.5. The number of carbonyl (C=O) groups is 2. The van der Waals surface area contributed by atoms with Crippen molar-refractivity contribution in [1.82, 2.24) is 0 Å². The van der Waals surface area contributed by atoms with Crippen LogP contribution in [0.2, 0.25) is 0 Å². The highest BCUT2D eigenvalue weighted by Crippen LogP contribution is 2.45. The molecule has 230 valence electrons. The van der Waals surface area contributed by atoms with E-state index in [1.165, 1.54) is 12.2 Å². The Bertz CT molecular complexity index is 991. The number of allylic oxidation sites excluding steroid dienone is 4. The molecule has 7 heteroatoms. The van der Waals surface area contributed by atoms with Crippen molar-refractivity contribution in [2.45, 2.75) is 117 Å². The van der Waals surface area contributed by atoms with E-state index < -0.39 is 23.8 Å². The van der Waals surface area contributed by atoms with E-state index in [9.17, 15) is 14.7 Å². The summed E-state index contributed by atoms with van der Waals surface area (Å²) in [5.41, 5.74) is 1.72. The van der Waals surface area contributed by atoms with Gasteiger partial charge in [-0.2, -0.15) is 0 Å². The van der Waals surface area contributed by atoms with Crippen LogP contribution < -0.4 is 0 Å². The molecule has 7 nitrogen and oxygen atoms in total. The molecule has 1 spiro atoms. The molecule has 0 saturated carbocycles. The number of aliphatic carboxylic acids is 1. The second-order valence-electron chi connectivity index (χ2n) is 11.7. The number of unbranched alkanes of at least 4 members (excludes halogenated alkanes) is 1. The molecule has 2 aliphatic rings. The molecule has 2 fully saturated rings. The van der Waals surface area contributed by atoms with E-state index in [2.05, 4.69) is 19.9 Å². The third kappa shape index (κ3) is 12.1. The second-order valence-corrected chi connectivity index (χ2v) is 11.7. The third-order valence-electron chi connectivity index (χ3n) is 8.11. The molecule has 0 unspecified atom stereocenters. The largest absolute Gasteiger partial charge is 0.478 e. The van der Waals surface area contributed by atoms with Gasteiger partial charge in [0.25, 0.3) is 0 Å². The number of ether oxygens (including phenoxy) is 3. The van der Waals surface area contributed by atoms with Gasteiger partial charge in [-0.05, 0) is 63.9 Å². The predicted molar refractivity (Wildman–Crippen MR) is 162 cm³/mol. The minimum atomic E-state index is -0.948. The molecule has 2 rings (SSSR count). The summed E-state index contributed by atoms with van der Waals surface area (Å²) in [5.74, 6) is -1.41. The molecule has 0 aromatic heterocycles. The van der Waals surface area contributed by atoms with Crippen molar-refractivity contribution in [2.24, 2.45) is 17.8 Å². The Morgan fingerprint density at radius 1 is 1.05 bits per heavy atom. The number of hydrogen-bond acceptors (Lipinski definition) is 6. The quantitative estimate of drug-likeness (QED) is 0.130. The molecular formula is C34H52O7. The van der Waals surface area contributed by atoms with Crippen molar-refractivity contribution in [2.75, 3.05) is 6.61 Å². The summed E-state index contributed by atoms with van der Waals surface area (Å²) in [6.07, 6.45) is 21.0. The lowest BCUT2D eigenvalue weighted by atomic mass is 9.81. The molecule has 2 heterocycles. The number of carboxylic acid groups (broad SMARTS) is 1. The average molecular weight is 573 g/mol. The molecular weight excluding hydrogens is 520 g/mol. The van der Waals surface area contributed by atoms with Gasteiger partial charge in [-0.3, -0.25) is 0 Å². The lowest BCUT2D eigenvalue weighted by molar-refractivity contribution is -0.324. The zero-order valence-corrected chi connectivity index (χ0v) is 25.9. The topological polar surface area (TPSA) is 102 Å². The Balaban J connectivity index is 2.05. The predicted octanol–water partition coefficient (Wildman–Crippen LogP) is 7.08. The van der Waals surface area contributed by atoms with Crippen LogP contribution in [0.3, 0.4) is 0 Å². The summed E-state index contributed by atoms with van der Waals surface area (Å²) < 4.78 is 18.4. The van der Waals surface area contributed by atoms with Crippen molar-refractivity contribution >= 4 is 11.9 Å². The van der Waals surface area contributed by atoms with Gasteiger partial charge >= 0.3 is 11.9 Å². The Hall–Kier alpha value is -2.48. The van der Waals surface area contributed by atoms with Crippen LogP contribution in [0.15, 0.2) is 59.8 Å². The maximum absolute atomic E-state index is 11.5. The number of carboxylic acids is 1. The molecule has 0 amide bonds. The van der Waals surface area contributed by atoms with Crippen LogP contribution in [0.25, 0.3) is 0 Å². The first-order chi connectivity index (χ1) is 19.5. The van der Waals surface area contributed by atoms with Gasteiger partial charge in [-0.25, -0.2) is 9.59 Å². The summed E-state index contributed by atoms with van der Waals surface area (Å²) in [6.45, 7) is 12.2. The van der Waals surface area contributed by atoms with Gasteiger partial charge in [0.05, 0.1) is 24.9 Å². The van der Waals surface area contributed by atoms with Gasteiger partial charge < -0.3 is 24.4 Å². The molecule has 2 saturated heterocycles. The van der Waals surface area contributed by atoms with Gasteiger partial charge in [-0.1, -0.05) is 75.6 Å². The number of hydrogen-bond donors (Lipinski definition) is 2. The summed E-state index contributed by atoms with van der Waals surface area (Å²) in [4.78, 5) is 22.6. The van der Waals surface area contributed by atoms with E-state index in [-0.39, 0.29) is 18.1 Å². The number of carbonyl (C=O) groups excluding carboxylic acids is 1. The van der Waals surface area contributed by atoms with Crippen molar-refractivity contribution in [3.63, 3.8) is 0 Å². The van der Waals surface area contributed by atoms with Crippen LogP contribution in [-0.4, -0.2) is 52.9 Å². The van der Waals surface area contributed by atoms with E-state index >= 15 is 0 Å². The van der Waals surface area contributed by atoms with Crippen molar-refractivity contribution in [3.8, 4) is 0 Å². The Labute approximate surface area is 247 Å². The van der Waals surface area contributed by atoms with Crippen LogP contribution in [-0.2, 0) is 23.8 Å². The highest BCUT2D eigenvalue weighted by molar-refractivity contribution is 5.82. The van der Waals surface area contributed by atoms with Crippen molar-refractivity contribution in [3.05, 3.63) is 59.8 Å². The first-order valence-electron chi connectivity index (χ1n) is 15.3. The molecule has 2 aliphatic heterocycles. The monoisotopic (exact) mass is 572 g/mol. The fraction of sp³-hybridized carbons (Fsp3) is 0.647. The molecule has 2 N–H and O–H groups in total. The van der Waals surface area contributed by atoms with E-state index in [1.807, 2.05) is 32.1 Å². The first-order valence-corrected chi connectivity index (χ1v) is 15.3. The van der Waals surface area contributed by atoms with Gasteiger partial charge in [0.2, 0.25) is 0 Å². The molecule has 7 atom stereocenters. The summed E-state index contributed by atoms with van der Waals surface area (Å²) >= 11 is 0. The Kier molecular flexibility index (Phi) is 14.8. The third-order valence-corrected chi connectivity index (χ3v) is 8.11. The van der Waals surface area contributed by atoms with Crippen LogP contribution in [0.5, 0.6) is 0 Å². The van der Waals surface area contributed by atoms with Gasteiger partial charge in [-0.15, -0.1) is 0 Å². The fourth-order valence-corrected chi connectivity index (χ4v) is 5.40. The first kappa shape index (κ1) is 34.7. The number of esters is 1. The minimum Gasteiger partial charge on any atom is -0.478 e. The number of aliphatic hydroxyl groups excluding tert-OH is 1. The van der Waals surface area contributed by atoms with E-state index in [1.54, 1.807) is 26.0 Å². The van der Waals surface area contributed by atoms with Crippen LogP contribution in [0.1, 0.15) is 92.9 Å². The highest BCUT2D eigenvalue weighted by Gasteiger charge is 2.46. The molecule has 0 aromatic carbocycles. The normalized spacial score (nSPS) is 29.4. The molecule has 0 aliphatic carbocycles. The SMILES string of the molecule is CCCC[C@H]1CC[C@]2(CC[C@H](C)[C@@H](C/C=C(C)/C=C/[C@H](O)[C@@H](C)/C=C/C(=O)OCC)O2)O[C@H]1/C=C/C(C)=C/C(=O)O. The second kappa shape index (κ2) is 17.5. The summed E-state index contributed by atoms with van der Waals surface area (Å²) in [6, 6.07) is 0. The molecule has 0 aromatic rings. The Morgan fingerprint density at radius 3 is 2.46 bits per heavy atom. The lowest BCUT2D eigenvalue weighted by Crippen LogP contribution is -2.52. The van der Waals surface area contributed by atoms with Crippen molar-refractivity contribution in [1.29, 1.82) is 0 Å². The van der Waals surface area contributed by atoms with Gasteiger partial charge in [0, 0.05) is 30.9 Å². The van der Waals surface area contributed by atoms with Crippen LogP contribution in [0, 0.1) is 17.8 Å². The Morgan fingerprint density at radius 2 is 1.78 bits per heavy atom. The van der Waals surface area contributed by atoms with Crippen molar-refractivity contribution < 1.29 is 34.0 Å². The number of aliphatic hydroxyl groups is 1. The number of rotatable bonds is 14. The molecule has 0 radical (unpaired) electrons. The standard InChI is InChI=1S/C34H52O7/c1-7-9-10-28-20-22-34(41-31(28)17-13-25(4)23-32(36)37)21-19-27(6)30(40-34)16-12-24(3)11-15-29(35)26(5)14-18-33(38)39-8-2/h11-15,17-18,23,26-31,35H,7-10,16,19-22H2,1-6H3,(H,36,37)/b15-11+,17-13+,18-14+,24-12+,25-23+/t26-,27-,28-,29-,30+,31-,34-/m0/s1. The smallest absolute Gasteiger partial charge is 0.330 e. The molecule has 41 heavy (non-hydrogen) atoms. The summed E-state index contributed by atoms with van der Waals surface area (Å²) in [7, 11) is 0. The van der Waals surface area contributed by atoms with Gasteiger partial charge in [0.15, 0.2) is 5.79 Å². The highest BCUT2D eigenvalue weighted by atomic mass is 16.7. The summed E-state index contributed by atoms with van der Waals surface area (Å²) in [5, 5.41) is 19.5. The molecule has 0 bridgehead atoms. The van der Waals surface area contributed by atoms with Gasteiger partial charge in [0.1, 0.15) is 0 Å². The van der Waals surface area contributed by atoms with Crippen LogP contribution >= 0.6 is 0 Å². The van der Waals surface area contributed by atoms with Crippen LogP contribution in [0.4, 0.5) is 0 Å². The lowest BCUT2D eigenvalue weighted by Gasteiger charge is -2.49. The maximum Gasteiger partial charge on any atom is 0.330 e. The van der Waals surface area contributed by atoms with E-state index in [0.29, 0.717) is 24.0 Å².